The Morgan fingerprint density at radius 3 is 2.76 bits per heavy atom. The number of unbranched alkanes of at least 4 members (excludes halogenated alkanes) is 1. The van der Waals surface area contributed by atoms with Crippen molar-refractivity contribution in [1.82, 2.24) is 24.8 Å². The standard InChI is InChI=1S/C27H35N5O/c1-3-5-12-26-29-18-24(30-26)20-31-14-15-32(4-2)27(33)23(19-31)16-21-9-6-7-11-25(21)22-10-8-13-28-17-22/h6-11,13,17-18,23H,3-5,12,14-16,19-20H2,1-2H3,(H,29,30)/t23-/m1/s1. The molecule has 1 amide bonds. The van der Waals surface area contributed by atoms with Gasteiger partial charge in [-0.3, -0.25) is 14.7 Å². The number of carbonyl (C=O) groups is 1. The lowest BCUT2D eigenvalue weighted by Gasteiger charge is -2.24. The molecule has 3 heterocycles. The molecule has 1 atom stereocenters. The molecule has 4 rings (SSSR count). The number of hydrogen-bond donors (Lipinski definition) is 1. The molecule has 0 radical (unpaired) electrons. The zero-order valence-electron chi connectivity index (χ0n) is 19.8. The van der Waals surface area contributed by atoms with Crippen LogP contribution in [0.25, 0.3) is 11.1 Å². The molecule has 1 N–H and O–H groups in total. The number of hydrogen-bond acceptors (Lipinski definition) is 4. The Kier molecular flexibility index (Phi) is 7.89. The third kappa shape index (κ3) is 5.88. The number of carbonyl (C=O) groups excluding carboxylic acids is 1. The maximum atomic E-state index is 13.4. The van der Waals surface area contributed by atoms with Gasteiger partial charge >= 0.3 is 0 Å². The van der Waals surface area contributed by atoms with Crippen molar-refractivity contribution in [2.45, 2.75) is 46.1 Å². The van der Waals surface area contributed by atoms with Crippen LogP contribution in [0.1, 0.15) is 43.8 Å². The SMILES string of the molecule is CCCCc1ncc(CN2CCN(CC)C(=O)[C@H](Cc3ccccc3-c3cccnc3)C2)[nH]1. The summed E-state index contributed by atoms with van der Waals surface area (Å²) in [5.41, 5.74) is 4.58. The Balaban J connectivity index is 1.52. The maximum Gasteiger partial charge on any atom is 0.227 e. The Labute approximate surface area is 197 Å². The summed E-state index contributed by atoms with van der Waals surface area (Å²) in [6.45, 7) is 8.22. The molecule has 3 aromatic rings. The van der Waals surface area contributed by atoms with E-state index in [2.05, 4.69) is 64.0 Å². The second-order valence-electron chi connectivity index (χ2n) is 8.91. The van der Waals surface area contributed by atoms with Crippen LogP contribution < -0.4 is 0 Å². The van der Waals surface area contributed by atoms with E-state index >= 15 is 0 Å². The molecule has 1 aliphatic heterocycles. The number of nitrogens with zero attached hydrogens (tertiary/aromatic N) is 4. The van der Waals surface area contributed by atoms with E-state index in [1.54, 1.807) is 6.20 Å². The molecule has 0 bridgehead atoms. The molecule has 0 aliphatic carbocycles. The van der Waals surface area contributed by atoms with Gasteiger partial charge in [-0.25, -0.2) is 4.98 Å². The lowest BCUT2D eigenvalue weighted by Crippen LogP contribution is -2.37. The molecule has 0 unspecified atom stereocenters. The minimum Gasteiger partial charge on any atom is -0.345 e. The van der Waals surface area contributed by atoms with Crippen LogP contribution in [0.5, 0.6) is 0 Å². The molecule has 0 spiro atoms. The van der Waals surface area contributed by atoms with E-state index in [1.807, 2.05) is 23.4 Å². The predicted octanol–water partition coefficient (Wildman–Crippen LogP) is 4.34. The smallest absolute Gasteiger partial charge is 0.227 e. The molecule has 2 aromatic heterocycles. The van der Waals surface area contributed by atoms with Gasteiger partial charge in [0.25, 0.3) is 0 Å². The lowest BCUT2D eigenvalue weighted by molar-refractivity contribution is -0.134. The van der Waals surface area contributed by atoms with Crippen molar-refractivity contribution in [2.75, 3.05) is 26.2 Å². The van der Waals surface area contributed by atoms with Gasteiger partial charge in [-0.2, -0.15) is 0 Å². The first-order chi connectivity index (χ1) is 16.2. The number of nitrogens with one attached hydrogen (secondary N) is 1. The molecule has 1 aromatic carbocycles. The third-order valence-electron chi connectivity index (χ3n) is 6.51. The summed E-state index contributed by atoms with van der Waals surface area (Å²) in [6.07, 6.45) is 9.68. The van der Waals surface area contributed by atoms with E-state index in [-0.39, 0.29) is 11.8 Å². The highest BCUT2D eigenvalue weighted by molar-refractivity contribution is 5.80. The summed E-state index contributed by atoms with van der Waals surface area (Å²) >= 11 is 0. The third-order valence-corrected chi connectivity index (χ3v) is 6.51. The van der Waals surface area contributed by atoms with Crippen LogP contribution in [0.15, 0.2) is 55.0 Å². The monoisotopic (exact) mass is 445 g/mol. The molecule has 1 fully saturated rings. The van der Waals surface area contributed by atoms with Gasteiger partial charge in [-0.1, -0.05) is 43.7 Å². The highest BCUT2D eigenvalue weighted by Gasteiger charge is 2.30. The number of aromatic amines is 1. The summed E-state index contributed by atoms with van der Waals surface area (Å²) < 4.78 is 0. The fourth-order valence-corrected chi connectivity index (χ4v) is 4.69. The quantitative estimate of drug-likeness (QED) is 0.532. The van der Waals surface area contributed by atoms with E-state index in [4.69, 9.17) is 0 Å². The van der Waals surface area contributed by atoms with E-state index < -0.39 is 0 Å². The normalized spacial score (nSPS) is 17.3. The van der Waals surface area contributed by atoms with Crippen LogP contribution in [0.4, 0.5) is 0 Å². The van der Waals surface area contributed by atoms with Gasteiger partial charge in [0, 0.05) is 69.0 Å². The number of imidazole rings is 1. The number of H-pyrrole nitrogens is 1. The van der Waals surface area contributed by atoms with Crippen LogP contribution in [0.3, 0.4) is 0 Å². The number of pyridine rings is 1. The Morgan fingerprint density at radius 2 is 1.97 bits per heavy atom. The maximum absolute atomic E-state index is 13.4. The van der Waals surface area contributed by atoms with Gasteiger partial charge in [-0.15, -0.1) is 0 Å². The van der Waals surface area contributed by atoms with Gasteiger partial charge in [-0.05, 0) is 37.0 Å². The average molecular weight is 446 g/mol. The van der Waals surface area contributed by atoms with Gasteiger partial charge in [0.05, 0.1) is 5.92 Å². The number of benzene rings is 1. The molecular formula is C27H35N5O. The number of amides is 1. The van der Waals surface area contributed by atoms with E-state index in [0.29, 0.717) is 0 Å². The molecule has 33 heavy (non-hydrogen) atoms. The largest absolute Gasteiger partial charge is 0.345 e. The second-order valence-corrected chi connectivity index (χ2v) is 8.91. The molecule has 1 saturated heterocycles. The van der Waals surface area contributed by atoms with E-state index in [9.17, 15) is 4.79 Å². The first-order valence-electron chi connectivity index (χ1n) is 12.2. The van der Waals surface area contributed by atoms with Crippen LogP contribution in [-0.2, 0) is 24.2 Å². The first kappa shape index (κ1) is 23.2. The average Bonchev–Trinajstić information content (AvgIpc) is 3.24. The molecule has 1 aliphatic rings. The summed E-state index contributed by atoms with van der Waals surface area (Å²) in [6, 6.07) is 12.4. The van der Waals surface area contributed by atoms with Crippen molar-refractivity contribution in [3.05, 3.63) is 72.1 Å². The molecule has 174 valence electrons. The van der Waals surface area contributed by atoms with Gasteiger partial charge in [0.15, 0.2) is 0 Å². The van der Waals surface area contributed by atoms with Crippen LogP contribution >= 0.6 is 0 Å². The minimum absolute atomic E-state index is 0.0762. The summed E-state index contributed by atoms with van der Waals surface area (Å²) in [5, 5.41) is 0. The summed E-state index contributed by atoms with van der Waals surface area (Å²) in [5.74, 6) is 1.25. The Bertz CT molecular complexity index is 1030. The summed E-state index contributed by atoms with van der Waals surface area (Å²) in [4.78, 5) is 30.2. The highest BCUT2D eigenvalue weighted by atomic mass is 16.2. The topological polar surface area (TPSA) is 65.1 Å². The van der Waals surface area contributed by atoms with Crippen molar-refractivity contribution < 1.29 is 4.79 Å². The Hall–Kier alpha value is -2.99. The number of likely N-dealkylation sites (N-methyl/N-ethyl adjacent to an activating group) is 1. The van der Waals surface area contributed by atoms with Gasteiger partial charge in [0.1, 0.15) is 5.82 Å². The molecular weight excluding hydrogens is 410 g/mol. The van der Waals surface area contributed by atoms with Crippen LogP contribution in [0, 0.1) is 5.92 Å². The fraction of sp³-hybridized carbons (Fsp3) is 0.444. The lowest BCUT2D eigenvalue weighted by atomic mass is 9.91. The zero-order valence-corrected chi connectivity index (χ0v) is 19.8. The summed E-state index contributed by atoms with van der Waals surface area (Å²) in [7, 11) is 0. The Morgan fingerprint density at radius 1 is 1.09 bits per heavy atom. The number of aryl methyl sites for hydroxylation is 1. The zero-order chi connectivity index (χ0) is 23.0. The molecule has 0 saturated carbocycles. The van der Waals surface area contributed by atoms with Crippen molar-refractivity contribution >= 4 is 5.91 Å². The number of rotatable bonds is 9. The van der Waals surface area contributed by atoms with Crippen LogP contribution in [0.2, 0.25) is 0 Å². The van der Waals surface area contributed by atoms with Crippen molar-refractivity contribution in [3.63, 3.8) is 0 Å². The van der Waals surface area contributed by atoms with Crippen molar-refractivity contribution in [1.29, 1.82) is 0 Å². The molecule has 6 heteroatoms. The van der Waals surface area contributed by atoms with E-state index in [0.717, 1.165) is 74.6 Å². The number of aromatic nitrogens is 3. The predicted molar refractivity (Wildman–Crippen MR) is 132 cm³/mol. The van der Waals surface area contributed by atoms with Crippen LogP contribution in [-0.4, -0.2) is 56.8 Å². The highest BCUT2D eigenvalue weighted by Crippen LogP contribution is 2.27. The first-order valence-corrected chi connectivity index (χ1v) is 12.2. The van der Waals surface area contributed by atoms with Gasteiger partial charge < -0.3 is 9.88 Å². The van der Waals surface area contributed by atoms with E-state index in [1.165, 1.54) is 12.0 Å². The minimum atomic E-state index is -0.0762. The van der Waals surface area contributed by atoms with Crippen molar-refractivity contribution in [2.24, 2.45) is 5.92 Å². The second kappa shape index (κ2) is 11.2. The fourth-order valence-electron chi connectivity index (χ4n) is 4.69. The molecule has 6 nitrogen and oxygen atoms in total. The van der Waals surface area contributed by atoms with Gasteiger partial charge in [0.2, 0.25) is 5.91 Å². The van der Waals surface area contributed by atoms with Crippen molar-refractivity contribution in [3.8, 4) is 11.1 Å².